The number of hydrogen-bond donors (Lipinski definition) is 2. The van der Waals surface area contributed by atoms with Crippen molar-refractivity contribution < 1.29 is 9.53 Å². The molecule has 0 aliphatic rings. The normalized spacial score (nSPS) is 10.6. The summed E-state index contributed by atoms with van der Waals surface area (Å²) in [6.07, 6.45) is 3.03. The monoisotopic (exact) mass is 376 g/mol. The minimum absolute atomic E-state index is 0.237. The minimum Gasteiger partial charge on any atom is -0.497 e. The minimum atomic E-state index is -0.237. The quantitative estimate of drug-likeness (QED) is 0.636. The number of aromatic nitrogens is 2. The van der Waals surface area contributed by atoms with Gasteiger partial charge in [-0.15, -0.1) is 0 Å². The summed E-state index contributed by atoms with van der Waals surface area (Å²) in [6, 6.07) is 15.6. The second kappa shape index (κ2) is 8.99. The van der Waals surface area contributed by atoms with E-state index in [2.05, 4.69) is 34.4 Å². The van der Waals surface area contributed by atoms with Gasteiger partial charge in [0.1, 0.15) is 5.75 Å². The van der Waals surface area contributed by atoms with Crippen LogP contribution in [-0.2, 0) is 6.54 Å². The lowest BCUT2D eigenvalue weighted by atomic mass is 10.0. The summed E-state index contributed by atoms with van der Waals surface area (Å²) in [5.74, 6) is 1.50. The molecule has 1 amide bonds. The molecular formula is C22H24N4O2. The van der Waals surface area contributed by atoms with Gasteiger partial charge in [-0.2, -0.15) is 0 Å². The first kappa shape index (κ1) is 19.4. The van der Waals surface area contributed by atoms with E-state index in [0.29, 0.717) is 24.0 Å². The first-order chi connectivity index (χ1) is 13.5. The molecule has 0 bridgehead atoms. The number of rotatable bonds is 7. The lowest BCUT2D eigenvalue weighted by Gasteiger charge is -2.09. The molecular weight excluding hydrogens is 352 g/mol. The van der Waals surface area contributed by atoms with Crippen molar-refractivity contribution in [2.75, 3.05) is 17.7 Å². The lowest BCUT2D eigenvalue weighted by molar-refractivity contribution is 0.102. The molecule has 2 N–H and O–H groups in total. The van der Waals surface area contributed by atoms with E-state index in [4.69, 9.17) is 4.74 Å². The molecule has 0 atom stereocenters. The lowest BCUT2D eigenvalue weighted by Crippen LogP contribution is -2.13. The van der Waals surface area contributed by atoms with Gasteiger partial charge in [0.25, 0.3) is 5.91 Å². The summed E-state index contributed by atoms with van der Waals surface area (Å²) in [6.45, 7) is 4.85. The second-order valence-corrected chi connectivity index (χ2v) is 6.73. The van der Waals surface area contributed by atoms with Crippen molar-refractivity contribution in [3.8, 4) is 5.75 Å². The molecule has 0 saturated carbocycles. The molecule has 0 spiro atoms. The average molecular weight is 376 g/mol. The van der Waals surface area contributed by atoms with E-state index < -0.39 is 0 Å². The Morgan fingerprint density at radius 1 is 1.00 bits per heavy atom. The van der Waals surface area contributed by atoms with Crippen LogP contribution in [0.2, 0.25) is 0 Å². The predicted octanol–water partition coefficient (Wildman–Crippen LogP) is 4.47. The van der Waals surface area contributed by atoms with Crippen molar-refractivity contribution >= 4 is 17.5 Å². The molecule has 3 rings (SSSR count). The van der Waals surface area contributed by atoms with E-state index in [-0.39, 0.29) is 5.91 Å². The Morgan fingerprint density at radius 3 is 2.21 bits per heavy atom. The van der Waals surface area contributed by atoms with E-state index in [0.717, 1.165) is 17.0 Å². The molecule has 6 heteroatoms. The fourth-order valence-electron chi connectivity index (χ4n) is 2.62. The molecule has 28 heavy (non-hydrogen) atoms. The van der Waals surface area contributed by atoms with Gasteiger partial charge in [-0.1, -0.05) is 38.1 Å². The van der Waals surface area contributed by atoms with E-state index in [9.17, 15) is 4.79 Å². The van der Waals surface area contributed by atoms with Gasteiger partial charge in [0.2, 0.25) is 5.95 Å². The topological polar surface area (TPSA) is 76.1 Å². The van der Waals surface area contributed by atoms with Crippen molar-refractivity contribution in [1.29, 1.82) is 0 Å². The van der Waals surface area contributed by atoms with Gasteiger partial charge in [0.05, 0.1) is 12.7 Å². The zero-order valence-electron chi connectivity index (χ0n) is 16.3. The van der Waals surface area contributed by atoms with Crippen molar-refractivity contribution in [2.24, 2.45) is 0 Å². The number of nitrogens with one attached hydrogen (secondary N) is 2. The van der Waals surface area contributed by atoms with E-state index in [1.807, 2.05) is 48.5 Å². The van der Waals surface area contributed by atoms with E-state index >= 15 is 0 Å². The Morgan fingerprint density at radius 2 is 1.64 bits per heavy atom. The molecule has 6 nitrogen and oxygen atoms in total. The smallest absolute Gasteiger partial charge is 0.258 e. The summed E-state index contributed by atoms with van der Waals surface area (Å²) in [4.78, 5) is 20.8. The second-order valence-electron chi connectivity index (χ2n) is 6.73. The third-order valence-electron chi connectivity index (χ3n) is 4.36. The molecule has 0 aliphatic heterocycles. The molecule has 1 heterocycles. The van der Waals surface area contributed by atoms with Gasteiger partial charge in [-0.3, -0.25) is 4.79 Å². The van der Waals surface area contributed by atoms with Crippen LogP contribution in [0.15, 0.2) is 60.9 Å². The summed E-state index contributed by atoms with van der Waals surface area (Å²) >= 11 is 0. The molecule has 0 saturated heterocycles. The van der Waals surface area contributed by atoms with Gasteiger partial charge in [-0.25, -0.2) is 9.97 Å². The summed E-state index contributed by atoms with van der Waals surface area (Å²) in [5, 5.41) is 6.00. The Bertz CT molecular complexity index is 905. The van der Waals surface area contributed by atoms with Crippen LogP contribution >= 0.6 is 0 Å². The van der Waals surface area contributed by atoms with Crippen LogP contribution in [0.3, 0.4) is 0 Å². The van der Waals surface area contributed by atoms with Gasteiger partial charge < -0.3 is 15.4 Å². The predicted molar refractivity (Wildman–Crippen MR) is 111 cm³/mol. The van der Waals surface area contributed by atoms with Crippen LogP contribution < -0.4 is 15.4 Å². The van der Waals surface area contributed by atoms with E-state index in [1.165, 1.54) is 18.0 Å². The number of nitrogens with zero attached hydrogens (tertiary/aromatic N) is 2. The summed E-state index contributed by atoms with van der Waals surface area (Å²) in [5.41, 5.74) is 3.46. The standard InChI is InChI=1S/C22H24N4O2/c1-15(2)17-6-8-19(9-7-17)26-21(27)18-13-24-22(25-14-18)23-12-16-4-10-20(28-3)11-5-16/h4-11,13-15H,12H2,1-3H3,(H,26,27)(H,23,24,25). The molecule has 1 aromatic heterocycles. The molecule has 2 aromatic carbocycles. The van der Waals surface area contributed by atoms with Gasteiger partial charge in [0, 0.05) is 24.6 Å². The molecule has 144 valence electrons. The maximum atomic E-state index is 12.4. The highest BCUT2D eigenvalue weighted by Crippen LogP contribution is 2.18. The van der Waals surface area contributed by atoms with Crippen molar-refractivity contribution in [3.63, 3.8) is 0 Å². The third-order valence-corrected chi connectivity index (χ3v) is 4.36. The average Bonchev–Trinajstić information content (AvgIpc) is 2.73. The number of amides is 1. The van der Waals surface area contributed by atoms with Gasteiger partial charge in [0.15, 0.2) is 0 Å². The number of anilines is 2. The van der Waals surface area contributed by atoms with Crippen LogP contribution in [-0.4, -0.2) is 23.0 Å². The fourth-order valence-corrected chi connectivity index (χ4v) is 2.62. The first-order valence-corrected chi connectivity index (χ1v) is 9.15. The molecule has 0 radical (unpaired) electrons. The summed E-state index contributed by atoms with van der Waals surface area (Å²) < 4.78 is 5.14. The highest BCUT2D eigenvalue weighted by Gasteiger charge is 2.08. The molecule has 0 unspecified atom stereocenters. The Hall–Kier alpha value is -3.41. The largest absolute Gasteiger partial charge is 0.497 e. The highest BCUT2D eigenvalue weighted by atomic mass is 16.5. The molecule has 3 aromatic rings. The number of hydrogen-bond acceptors (Lipinski definition) is 5. The SMILES string of the molecule is COc1ccc(CNc2ncc(C(=O)Nc3ccc(C(C)C)cc3)cn2)cc1. The Labute approximate surface area is 165 Å². The van der Waals surface area contributed by atoms with Crippen LogP contribution in [0.1, 0.15) is 41.3 Å². The molecule has 0 fully saturated rings. The van der Waals surface area contributed by atoms with Gasteiger partial charge in [-0.05, 0) is 41.3 Å². The number of carbonyl (C=O) groups is 1. The van der Waals surface area contributed by atoms with Crippen molar-refractivity contribution in [1.82, 2.24) is 9.97 Å². The molecule has 0 aliphatic carbocycles. The summed E-state index contributed by atoms with van der Waals surface area (Å²) in [7, 11) is 1.64. The third kappa shape index (κ3) is 5.07. The Balaban J connectivity index is 1.56. The maximum absolute atomic E-state index is 12.4. The number of carbonyl (C=O) groups excluding carboxylic acids is 1. The maximum Gasteiger partial charge on any atom is 0.258 e. The van der Waals surface area contributed by atoms with Crippen LogP contribution in [0, 0.1) is 0 Å². The zero-order chi connectivity index (χ0) is 19.9. The number of ether oxygens (including phenoxy) is 1. The zero-order valence-corrected chi connectivity index (χ0v) is 16.3. The van der Waals surface area contributed by atoms with Crippen molar-refractivity contribution in [3.05, 3.63) is 77.6 Å². The highest BCUT2D eigenvalue weighted by molar-refractivity contribution is 6.03. The van der Waals surface area contributed by atoms with Crippen LogP contribution in [0.25, 0.3) is 0 Å². The van der Waals surface area contributed by atoms with Gasteiger partial charge >= 0.3 is 0 Å². The fraction of sp³-hybridized carbons (Fsp3) is 0.227. The van der Waals surface area contributed by atoms with Crippen LogP contribution in [0.5, 0.6) is 5.75 Å². The van der Waals surface area contributed by atoms with Crippen LogP contribution in [0.4, 0.5) is 11.6 Å². The Kier molecular flexibility index (Phi) is 6.22. The number of methoxy groups -OCH3 is 1. The van der Waals surface area contributed by atoms with Crippen molar-refractivity contribution in [2.45, 2.75) is 26.3 Å². The van der Waals surface area contributed by atoms with E-state index in [1.54, 1.807) is 7.11 Å². The number of benzene rings is 2. The first-order valence-electron chi connectivity index (χ1n) is 9.15.